The molecular formula is C10H8FN3O4S. The van der Waals surface area contributed by atoms with Crippen molar-refractivity contribution in [1.29, 1.82) is 0 Å². The Hall–Kier alpha value is -2.29. The molecular weight excluding hydrogens is 277 g/mol. The van der Waals surface area contributed by atoms with Gasteiger partial charge in [0.15, 0.2) is 0 Å². The molecule has 1 heterocycles. The van der Waals surface area contributed by atoms with Crippen molar-refractivity contribution in [1.82, 2.24) is 8.96 Å². The van der Waals surface area contributed by atoms with Crippen LogP contribution in [0.15, 0.2) is 35.4 Å². The number of rotatable bonds is 3. The van der Waals surface area contributed by atoms with Crippen molar-refractivity contribution in [3.63, 3.8) is 0 Å². The first kappa shape index (κ1) is 13.1. The van der Waals surface area contributed by atoms with Gasteiger partial charge in [-0.05, 0) is 34.2 Å². The standard InChI is InChI=1S/C10H8FN3O4S/c1-7-12-10(14(15)16)6-13(7)19(17,18)9-4-2-8(11)3-5-9/h2-6H,1H3. The monoisotopic (exact) mass is 285 g/mol. The lowest BCUT2D eigenvalue weighted by molar-refractivity contribution is -0.389. The predicted molar refractivity (Wildman–Crippen MR) is 62.6 cm³/mol. The van der Waals surface area contributed by atoms with E-state index < -0.39 is 26.6 Å². The van der Waals surface area contributed by atoms with E-state index in [1.807, 2.05) is 0 Å². The minimum absolute atomic E-state index is 0.0453. The zero-order chi connectivity index (χ0) is 14.2. The smallest absolute Gasteiger partial charge is 0.358 e. The number of halogens is 1. The maximum atomic E-state index is 12.8. The fraction of sp³-hybridized carbons (Fsp3) is 0.100. The summed E-state index contributed by atoms with van der Waals surface area (Å²) in [6.45, 7) is 1.33. The van der Waals surface area contributed by atoms with Gasteiger partial charge in [0.2, 0.25) is 5.82 Å². The Bertz CT molecular complexity index is 737. The summed E-state index contributed by atoms with van der Waals surface area (Å²) in [6.07, 6.45) is 0.814. The maximum absolute atomic E-state index is 12.8. The third-order valence-electron chi connectivity index (χ3n) is 2.39. The SMILES string of the molecule is Cc1nc([N+](=O)[O-])cn1S(=O)(=O)c1ccc(F)cc1. The van der Waals surface area contributed by atoms with Crippen LogP contribution in [0, 0.1) is 22.9 Å². The fourth-order valence-electron chi connectivity index (χ4n) is 1.49. The van der Waals surface area contributed by atoms with E-state index in [1.165, 1.54) is 6.92 Å². The number of nitrogens with zero attached hydrogens (tertiary/aromatic N) is 3. The van der Waals surface area contributed by atoms with Gasteiger partial charge in [-0.15, -0.1) is 0 Å². The highest BCUT2D eigenvalue weighted by Gasteiger charge is 2.25. The average Bonchev–Trinajstić information content (AvgIpc) is 2.73. The number of benzene rings is 1. The zero-order valence-corrected chi connectivity index (χ0v) is 10.5. The van der Waals surface area contributed by atoms with Crippen LogP contribution in [0.1, 0.15) is 5.82 Å². The number of nitro groups is 1. The van der Waals surface area contributed by atoms with Crippen molar-refractivity contribution in [2.24, 2.45) is 0 Å². The largest absolute Gasteiger partial charge is 0.383 e. The Kier molecular flexibility index (Phi) is 3.06. The van der Waals surface area contributed by atoms with Gasteiger partial charge in [-0.3, -0.25) is 0 Å². The van der Waals surface area contributed by atoms with E-state index in [0.29, 0.717) is 3.97 Å². The Morgan fingerprint density at radius 1 is 1.32 bits per heavy atom. The lowest BCUT2D eigenvalue weighted by atomic mass is 10.4. The van der Waals surface area contributed by atoms with Crippen LogP contribution in [0.5, 0.6) is 0 Å². The summed E-state index contributed by atoms with van der Waals surface area (Å²) in [4.78, 5) is 13.1. The molecule has 100 valence electrons. The molecule has 0 saturated carbocycles. The lowest BCUT2D eigenvalue weighted by Crippen LogP contribution is -2.13. The second-order valence-corrected chi connectivity index (χ2v) is 5.47. The van der Waals surface area contributed by atoms with Crippen LogP contribution in [0.25, 0.3) is 0 Å². The summed E-state index contributed by atoms with van der Waals surface area (Å²) < 4.78 is 37.8. The molecule has 2 rings (SSSR count). The fourth-order valence-corrected chi connectivity index (χ4v) is 2.82. The summed E-state index contributed by atoms with van der Waals surface area (Å²) >= 11 is 0. The Balaban J connectivity index is 2.56. The molecule has 0 saturated heterocycles. The van der Waals surface area contributed by atoms with E-state index in [1.54, 1.807) is 0 Å². The highest BCUT2D eigenvalue weighted by Crippen LogP contribution is 2.19. The Labute approximate surface area is 107 Å². The molecule has 1 aromatic carbocycles. The lowest BCUT2D eigenvalue weighted by Gasteiger charge is -2.04. The average molecular weight is 285 g/mol. The highest BCUT2D eigenvalue weighted by molar-refractivity contribution is 7.90. The molecule has 0 radical (unpaired) electrons. The van der Waals surface area contributed by atoms with Gasteiger partial charge in [0.1, 0.15) is 12.0 Å². The van der Waals surface area contributed by atoms with E-state index in [0.717, 1.165) is 30.5 Å². The summed E-state index contributed by atoms with van der Waals surface area (Å²) in [5.41, 5.74) is 0. The van der Waals surface area contributed by atoms with E-state index in [9.17, 15) is 22.9 Å². The van der Waals surface area contributed by atoms with Crippen LogP contribution in [0.4, 0.5) is 10.2 Å². The molecule has 0 atom stereocenters. The van der Waals surface area contributed by atoms with E-state index in [2.05, 4.69) is 4.98 Å². The van der Waals surface area contributed by atoms with Crippen molar-refractivity contribution < 1.29 is 17.7 Å². The number of aryl methyl sites for hydroxylation is 1. The number of aromatic nitrogens is 2. The van der Waals surface area contributed by atoms with Crippen molar-refractivity contribution in [2.45, 2.75) is 11.8 Å². The molecule has 0 amide bonds. The molecule has 1 aromatic heterocycles. The minimum atomic E-state index is -4.02. The maximum Gasteiger partial charge on any atom is 0.383 e. The van der Waals surface area contributed by atoms with Gasteiger partial charge < -0.3 is 10.1 Å². The molecule has 7 nitrogen and oxygen atoms in total. The Morgan fingerprint density at radius 2 is 1.89 bits per heavy atom. The number of hydrogen-bond donors (Lipinski definition) is 0. The van der Waals surface area contributed by atoms with E-state index in [4.69, 9.17) is 0 Å². The van der Waals surface area contributed by atoms with Gasteiger partial charge in [0.05, 0.1) is 4.90 Å². The van der Waals surface area contributed by atoms with Crippen LogP contribution < -0.4 is 0 Å². The second-order valence-electron chi connectivity index (χ2n) is 3.66. The third-order valence-corrected chi connectivity index (χ3v) is 4.14. The summed E-state index contributed by atoms with van der Waals surface area (Å²) in [5.74, 6) is -1.19. The first-order valence-electron chi connectivity index (χ1n) is 5.04. The molecule has 2 aromatic rings. The molecule has 0 fully saturated rings. The highest BCUT2D eigenvalue weighted by atomic mass is 32.2. The van der Waals surface area contributed by atoms with E-state index in [-0.39, 0.29) is 10.7 Å². The molecule has 0 aliphatic heterocycles. The van der Waals surface area contributed by atoms with Gasteiger partial charge in [-0.1, -0.05) is 0 Å². The summed E-state index contributed by atoms with van der Waals surface area (Å²) in [5, 5.41) is 10.6. The van der Waals surface area contributed by atoms with Crippen molar-refractivity contribution in [3.8, 4) is 0 Å². The van der Waals surface area contributed by atoms with Gasteiger partial charge in [-0.2, -0.15) is 3.97 Å². The first-order valence-corrected chi connectivity index (χ1v) is 6.48. The summed E-state index contributed by atoms with van der Waals surface area (Å²) in [6, 6.07) is 4.15. The third kappa shape index (κ3) is 2.32. The zero-order valence-electron chi connectivity index (χ0n) is 9.65. The van der Waals surface area contributed by atoms with Gasteiger partial charge in [0, 0.05) is 6.92 Å². The van der Waals surface area contributed by atoms with Crippen LogP contribution in [-0.4, -0.2) is 22.3 Å². The number of hydrogen-bond acceptors (Lipinski definition) is 5. The molecule has 0 unspecified atom stereocenters. The Morgan fingerprint density at radius 3 is 2.37 bits per heavy atom. The molecule has 0 aliphatic carbocycles. The van der Waals surface area contributed by atoms with Crippen LogP contribution in [0.3, 0.4) is 0 Å². The normalized spacial score (nSPS) is 11.5. The van der Waals surface area contributed by atoms with Crippen LogP contribution >= 0.6 is 0 Å². The van der Waals surface area contributed by atoms with E-state index >= 15 is 0 Å². The van der Waals surface area contributed by atoms with Gasteiger partial charge in [0.25, 0.3) is 10.0 Å². The molecule has 9 heteroatoms. The summed E-state index contributed by atoms with van der Waals surface area (Å²) in [7, 11) is -4.02. The van der Waals surface area contributed by atoms with Crippen molar-refractivity contribution in [3.05, 3.63) is 52.2 Å². The molecule has 0 bridgehead atoms. The first-order chi connectivity index (χ1) is 8.82. The molecule has 0 aliphatic rings. The van der Waals surface area contributed by atoms with Crippen molar-refractivity contribution in [2.75, 3.05) is 0 Å². The molecule has 0 N–H and O–H groups in total. The molecule has 0 spiro atoms. The van der Waals surface area contributed by atoms with Gasteiger partial charge >= 0.3 is 5.82 Å². The minimum Gasteiger partial charge on any atom is -0.358 e. The van der Waals surface area contributed by atoms with Crippen LogP contribution in [0.2, 0.25) is 0 Å². The quantitative estimate of drug-likeness (QED) is 0.628. The van der Waals surface area contributed by atoms with Crippen molar-refractivity contribution >= 4 is 15.8 Å². The van der Waals surface area contributed by atoms with Crippen LogP contribution in [-0.2, 0) is 10.0 Å². The van der Waals surface area contributed by atoms with Gasteiger partial charge in [-0.25, -0.2) is 12.8 Å². The number of imidazole rings is 1. The second kappa shape index (κ2) is 4.43. The molecule has 19 heavy (non-hydrogen) atoms. The predicted octanol–water partition coefficient (Wildman–Crippen LogP) is 1.48. The topological polar surface area (TPSA) is 95.1 Å².